The van der Waals surface area contributed by atoms with Crippen LogP contribution in [-0.4, -0.2) is 23.9 Å². The SMILES string of the molecule is C=C(C)c1cc(C(=O)N2CCC(C3=CC=C(C#N)CC3)CC2)ccc1C. The molecule has 3 heteroatoms. The number of hydrogen-bond acceptors (Lipinski definition) is 2. The second-order valence-corrected chi connectivity index (χ2v) is 7.42. The third-order valence-electron chi connectivity index (χ3n) is 5.58. The molecule has 134 valence electrons. The molecule has 1 heterocycles. The molecule has 0 bridgehead atoms. The van der Waals surface area contributed by atoms with E-state index in [2.05, 4.69) is 18.7 Å². The molecule has 1 aliphatic carbocycles. The van der Waals surface area contributed by atoms with Gasteiger partial charge in [0.15, 0.2) is 0 Å². The number of rotatable bonds is 3. The Hall–Kier alpha value is -2.60. The molecule has 2 aliphatic rings. The van der Waals surface area contributed by atoms with E-state index >= 15 is 0 Å². The molecule has 26 heavy (non-hydrogen) atoms. The maximum absolute atomic E-state index is 12.9. The number of likely N-dealkylation sites (tertiary alicyclic amines) is 1. The quantitative estimate of drug-likeness (QED) is 0.768. The number of nitriles is 1. The van der Waals surface area contributed by atoms with Crippen molar-refractivity contribution in [3.8, 4) is 6.07 Å². The first-order valence-electron chi connectivity index (χ1n) is 9.35. The number of amides is 1. The molecule has 1 fully saturated rings. The van der Waals surface area contributed by atoms with Crippen molar-refractivity contribution in [2.45, 2.75) is 39.5 Å². The monoisotopic (exact) mass is 346 g/mol. The van der Waals surface area contributed by atoms with Crippen molar-refractivity contribution in [2.75, 3.05) is 13.1 Å². The third-order valence-corrected chi connectivity index (χ3v) is 5.58. The predicted octanol–water partition coefficient (Wildman–Crippen LogP) is 5.05. The summed E-state index contributed by atoms with van der Waals surface area (Å²) in [5.74, 6) is 0.662. The van der Waals surface area contributed by atoms with E-state index in [0.29, 0.717) is 5.92 Å². The summed E-state index contributed by atoms with van der Waals surface area (Å²) in [5, 5.41) is 8.97. The van der Waals surface area contributed by atoms with E-state index in [0.717, 1.165) is 66.6 Å². The predicted molar refractivity (Wildman–Crippen MR) is 106 cm³/mol. The Morgan fingerprint density at radius 1 is 1.23 bits per heavy atom. The van der Waals surface area contributed by atoms with Gasteiger partial charge in [-0.05, 0) is 74.8 Å². The van der Waals surface area contributed by atoms with Crippen LogP contribution in [0, 0.1) is 24.2 Å². The first kappa shape index (κ1) is 18.2. The highest BCUT2D eigenvalue weighted by atomic mass is 16.2. The average Bonchev–Trinajstić information content (AvgIpc) is 2.68. The van der Waals surface area contributed by atoms with Crippen molar-refractivity contribution in [2.24, 2.45) is 5.92 Å². The standard InChI is InChI=1S/C23H26N2O/c1-16(2)22-14-21(7-4-17(22)3)23(26)25-12-10-20(11-13-25)19-8-5-18(15-24)6-9-19/h4-5,7-8,14,20H,1,6,9-13H2,2-3H3. The highest BCUT2D eigenvalue weighted by Gasteiger charge is 2.26. The fourth-order valence-corrected chi connectivity index (χ4v) is 3.94. The molecule has 0 N–H and O–H groups in total. The van der Waals surface area contributed by atoms with Gasteiger partial charge in [-0.1, -0.05) is 29.9 Å². The molecule has 1 aromatic rings. The molecule has 0 radical (unpaired) electrons. The molecule has 0 aromatic heterocycles. The molecule has 0 saturated carbocycles. The summed E-state index contributed by atoms with van der Waals surface area (Å²) in [5.41, 5.74) is 6.28. The number of nitrogens with zero attached hydrogens (tertiary/aromatic N) is 2. The summed E-state index contributed by atoms with van der Waals surface area (Å²) in [6.45, 7) is 9.64. The molecular formula is C23H26N2O. The van der Waals surface area contributed by atoms with Gasteiger partial charge in [-0.2, -0.15) is 5.26 Å². The molecule has 1 aliphatic heterocycles. The van der Waals surface area contributed by atoms with Crippen LogP contribution >= 0.6 is 0 Å². The summed E-state index contributed by atoms with van der Waals surface area (Å²) in [4.78, 5) is 14.9. The normalized spacial score (nSPS) is 18.0. The van der Waals surface area contributed by atoms with Crippen LogP contribution in [0.1, 0.15) is 54.1 Å². The van der Waals surface area contributed by atoms with Crippen LogP contribution in [0.25, 0.3) is 5.57 Å². The van der Waals surface area contributed by atoms with E-state index in [1.165, 1.54) is 5.57 Å². The zero-order chi connectivity index (χ0) is 18.7. The second kappa shape index (κ2) is 7.74. The second-order valence-electron chi connectivity index (χ2n) is 7.42. The van der Waals surface area contributed by atoms with Crippen molar-refractivity contribution in [3.05, 3.63) is 64.8 Å². The maximum Gasteiger partial charge on any atom is 0.253 e. The van der Waals surface area contributed by atoms with Crippen molar-refractivity contribution < 1.29 is 4.79 Å². The lowest BCUT2D eigenvalue weighted by atomic mass is 9.83. The van der Waals surface area contributed by atoms with E-state index in [4.69, 9.17) is 5.26 Å². The van der Waals surface area contributed by atoms with Crippen LogP contribution < -0.4 is 0 Å². The molecule has 0 atom stereocenters. The zero-order valence-corrected chi connectivity index (χ0v) is 15.7. The Bertz CT molecular complexity index is 830. The Balaban J connectivity index is 1.65. The van der Waals surface area contributed by atoms with Gasteiger partial charge in [-0.3, -0.25) is 4.79 Å². The lowest BCUT2D eigenvalue weighted by Gasteiger charge is -2.34. The molecule has 1 saturated heterocycles. The smallest absolute Gasteiger partial charge is 0.253 e. The molecule has 0 unspecified atom stereocenters. The number of piperidine rings is 1. The van der Waals surface area contributed by atoms with E-state index < -0.39 is 0 Å². The van der Waals surface area contributed by atoms with Crippen LogP contribution in [0.4, 0.5) is 0 Å². The fourth-order valence-electron chi connectivity index (χ4n) is 3.94. The Labute approximate surface area is 156 Å². The van der Waals surface area contributed by atoms with Crippen LogP contribution in [0.2, 0.25) is 0 Å². The van der Waals surface area contributed by atoms with Crippen LogP contribution in [0.3, 0.4) is 0 Å². The largest absolute Gasteiger partial charge is 0.339 e. The van der Waals surface area contributed by atoms with Crippen LogP contribution in [0.15, 0.2) is 48.1 Å². The van der Waals surface area contributed by atoms with Gasteiger partial charge in [0.25, 0.3) is 5.91 Å². The van der Waals surface area contributed by atoms with Gasteiger partial charge >= 0.3 is 0 Å². The van der Waals surface area contributed by atoms with Crippen LogP contribution in [-0.2, 0) is 0 Å². The van der Waals surface area contributed by atoms with Gasteiger partial charge in [-0.25, -0.2) is 0 Å². The average molecular weight is 346 g/mol. The lowest BCUT2D eigenvalue weighted by molar-refractivity contribution is 0.0701. The van der Waals surface area contributed by atoms with Crippen molar-refractivity contribution in [3.63, 3.8) is 0 Å². The first-order valence-corrected chi connectivity index (χ1v) is 9.35. The minimum Gasteiger partial charge on any atom is -0.339 e. The highest BCUT2D eigenvalue weighted by Crippen LogP contribution is 2.32. The number of benzene rings is 1. The van der Waals surface area contributed by atoms with Gasteiger partial charge in [-0.15, -0.1) is 0 Å². The van der Waals surface area contributed by atoms with Crippen molar-refractivity contribution in [1.82, 2.24) is 4.90 Å². The number of allylic oxidation sites excluding steroid dienone is 5. The summed E-state index contributed by atoms with van der Waals surface area (Å²) in [7, 11) is 0. The molecule has 3 nitrogen and oxygen atoms in total. The zero-order valence-electron chi connectivity index (χ0n) is 15.7. The summed E-state index contributed by atoms with van der Waals surface area (Å²) in [6.07, 6.45) is 7.94. The summed E-state index contributed by atoms with van der Waals surface area (Å²) in [6, 6.07) is 8.15. The van der Waals surface area contributed by atoms with Crippen molar-refractivity contribution >= 4 is 11.5 Å². The summed E-state index contributed by atoms with van der Waals surface area (Å²) < 4.78 is 0. The number of carbonyl (C=O) groups excluding carboxylic acids is 1. The van der Waals surface area contributed by atoms with Crippen molar-refractivity contribution in [1.29, 1.82) is 5.26 Å². The molecule has 1 amide bonds. The molecule has 0 spiro atoms. The number of carbonyl (C=O) groups is 1. The topological polar surface area (TPSA) is 44.1 Å². The van der Waals surface area contributed by atoms with E-state index in [-0.39, 0.29) is 5.91 Å². The van der Waals surface area contributed by atoms with Crippen LogP contribution in [0.5, 0.6) is 0 Å². The maximum atomic E-state index is 12.9. The minimum atomic E-state index is 0.121. The number of hydrogen-bond donors (Lipinski definition) is 0. The summed E-state index contributed by atoms with van der Waals surface area (Å²) >= 11 is 0. The lowest BCUT2D eigenvalue weighted by Crippen LogP contribution is -2.39. The van der Waals surface area contributed by atoms with E-state index in [1.54, 1.807) is 0 Å². The van der Waals surface area contributed by atoms with E-state index in [1.807, 2.05) is 43.0 Å². The Kier molecular flexibility index (Phi) is 5.42. The van der Waals surface area contributed by atoms with E-state index in [9.17, 15) is 4.79 Å². The Morgan fingerprint density at radius 3 is 2.54 bits per heavy atom. The van der Waals surface area contributed by atoms with Gasteiger partial charge < -0.3 is 4.90 Å². The molecule has 1 aromatic carbocycles. The third kappa shape index (κ3) is 3.80. The Morgan fingerprint density at radius 2 is 1.96 bits per heavy atom. The highest BCUT2D eigenvalue weighted by molar-refractivity contribution is 5.95. The molecular weight excluding hydrogens is 320 g/mol. The fraction of sp³-hybridized carbons (Fsp3) is 0.391. The van der Waals surface area contributed by atoms with Gasteiger partial charge in [0.05, 0.1) is 6.07 Å². The molecule has 3 rings (SSSR count). The number of aryl methyl sites for hydroxylation is 1. The van der Waals surface area contributed by atoms with Gasteiger partial charge in [0.2, 0.25) is 0 Å². The van der Waals surface area contributed by atoms with Gasteiger partial charge in [0, 0.05) is 24.2 Å². The van der Waals surface area contributed by atoms with Gasteiger partial charge in [0.1, 0.15) is 0 Å². The minimum absolute atomic E-state index is 0.121. The first-order chi connectivity index (χ1) is 12.5.